The Labute approximate surface area is 252 Å². The lowest BCUT2D eigenvalue weighted by Crippen LogP contribution is -2.43. The number of aromatic nitrogens is 4. The van der Waals surface area contributed by atoms with Gasteiger partial charge in [-0.3, -0.25) is 14.1 Å². The number of nitrogens with one attached hydrogen (secondary N) is 1. The summed E-state index contributed by atoms with van der Waals surface area (Å²) < 4.78 is 60.5. The van der Waals surface area contributed by atoms with Crippen LogP contribution in [0.5, 0.6) is 5.75 Å². The second-order valence-electron chi connectivity index (χ2n) is 10.5. The summed E-state index contributed by atoms with van der Waals surface area (Å²) in [5.74, 6) is -1.23. The molecule has 2 aromatic heterocycles. The van der Waals surface area contributed by atoms with E-state index in [1.165, 1.54) is 30.9 Å². The largest absolute Gasteiger partial charge is 0.465 e. The van der Waals surface area contributed by atoms with Gasteiger partial charge in [-0.25, -0.2) is 23.4 Å². The molecular weight excluding hydrogens is 596 g/mol. The Morgan fingerprint density at radius 1 is 1.20 bits per heavy atom. The first-order chi connectivity index (χ1) is 20.9. The molecular formula is C29H33FN5O8P. The summed E-state index contributed by atoms with van der Waals surface area (Å²) >= 11 is 0. The molecule has 4 aromatic rings. The van der Waals surface area contributed by atoms with E-state index in [4.69, 9.17) is 23.3 Å². The molecule has 13 nitrogen and oxygen atoms in total. The molecule has 44 heavy (non-hydrogen) atoms. The Morgan fingerprint density at radius 2 is 1.95 bits per heavy atom. The minimum Gasteiger partial charge on any atom is -0.465 e. The number of imidazole rings is 1. The van der Waals surface area contributed by atoms with Gasteiger partial charge in [0, 0.05) is 12.3 Å². The summed E-state index contributed by atoms with van der Waals surface area (Å²) in [5.41, 5.74) is -1.08. The van der Waals surface area contributed by atoms with Crippen molar-refractivity contribution in [2.45, 2.75) is 64.6 Å². The summed E-state index contributed by atoms with van der Waals surface area (Å²) in [5, 5.41) is 8.24. The zero-order valence-electron chi connectivity index (χ0n) is 24.8. The predicted molar refractivity (Wildman–Crippen MR) is 156 cm³/mol. The molecule has 15 heteroatoms. The molecule has 1 N–H and O–H groups in total. The average molecular weight is 630 g/mol. The molecule has 5 rings (SSSR count). The van der Waals surface area contributed by atoms with Crippen molar-refractivity contribution in [1.29, 1.82) is 0 Å². The molecule has 0 spiro atoms. The van der Waals surface area contributed by atoms with Gasteiger partial charge in [0.1, 0.15) is 30.3 Å². The maximum absolute atomic E-state index is 16.6. The number of esters is 2. The second kappa shape index (κ2) is 12.6. The molecule has 0 aliphatic carbocycles. The Hall–Kier alpha value is -3.97. The van der Waals surface area contributed by atoms with Gasteiger partial charge in [0.15, 0.2) is 17.4 Å². The van der Waals surface area contributed by atoms with Crippen molar-refractivity contribution in [3.05, 3.63) is 66.4 Å². The molecule has 1 fully saturated rings. The van der Waals surface area contributed by atoms with Gasteiger partial charge in [-0.2, -0.15) is 10.2 Å². The van der Waals surface area contributed by atoms with E-state index in [1.54, 1.807) is 38.1 Å². The van der Waals surface area contributed by atoms with Gasteiger partial charge in [0.05, 0.1) is 30.8 Å². The number of hydrogen-bond acceptors (Lipinski definition) is 11. The number of benzene rings is 2. The number of carbonyl (C=O) groups is 2. The SMILES string of the molecule is CCOC(=O)[C@H](C)NP(=O)(OC[C@H]1O[C@@H](c2cnc3c(C)ncnn23)[C@](C)(F)[C@@H]1OC(C)=O)Oc1cccc2ccccc12. The minimum absolute atomic E-state index is 0.102. The molecule has 1 aliphatic rings. The number of ether oxygens (including phenoxy) is 3. The molecule has 1 unspecified atom stereocenters. The molecule has 0 amide bonds. The number of alkyl halides is 1. The highest BCUT2D eigenvalue weighted by Crippen LogP contribution is 2.50. The first kappa shape index (κ1) is 31.5. The normalized spacial score (nSPS) is 23.7. The lowest BCUT2D eigenvalue weighted by atomic mass is 9.93. The summed E-state index contributed by atoms with van der Waals surface area (Å²) in [6, 6.07) is 11.3. The van der Waals surface area contributed by atoms with Crippen molar-refractivity contribution in [1.82, 2.24) is 24.7 Å². The Kier molecular flexibility index (Phi) is 8.98. The van der Waals surface area contributed by atoms with E-state index in [0.29, 0.717) is 16.7 Å². The van der Waals surface area contributed by atoms with Crippen molar-refractivity contribution in [2.75, 3.05) is 13.2 Å². The Balaban J connectivity index is 1.46. The third kappa shape index (κ3) is 6.29. The van der Waals surface area contributed by atoms with Crippen LogP contribution in [0.2, 0.25) is 0 Å². The van der Waals surface area contributed by atoms with Crippen LogP contribution in [0.25, 0.3) is 16.4 Å². The summed E-state index contributed by atoms with van der Waals surface area (Å²) in [4.78, 5) is 32.9. The summed E-state index contributed by atoms with van der Waals surface area (Å²) in [6.45, 7) is 6.73. The number of rotatable bonds is 11. The number of nitrogens with zero attached hydrogens (tertiary/aromatic N) is 4. The van der Waals surface area contributed by atoms with Crippen LogP contribution in [0.4, 0.5) is 4.39 Å². The lowest BCUT2D eigenvalue weighted by Gasteiger charge is -2.27. The second-order valence-corrected chi connectivity index (χ2v) is 12.2. The molecule has 3 heterocycles. The monoisotopic (exact) mass is 629 g/mol. The highest BCUT2D eigenvalue weighted by atomic mass is 31.2. The zero-order valence-corrected chi connectivity index (χ0v) is 25.7. The van der Waals surface area contributed by atoms with Crippen LogP contribution in [-0.2, 0) is 32.9 Å². The van der Waals surface area contributed by atoms with Gasteiger partial charge in [-0.05, 0) is 39.1 Å². The highest BCUT2D eigenvalue weighted by Gasteiger charge is 2.59. The summed E-state index contributed by atoms with van der Waals surface area (Å²) in [6.07, 6.45) is -1.33. The smallest absolute Gasteiger partial charge is 0.459 e. The van der Waals surface area contributed by atoms with Gasteiger partial charge < -0.3 is 18.7 Å². The molecule has 1 aliphatic heterocycles. The van der Waals surface area contributed by atoms with Crippen LogP contribution in [0.3, 0.4) is 0 Å². The average Bonchev–Trinajstić information content (AvgIpc) is 3.51. The van der Waals surface area contributed by atoms with Gasteiger partial charge in [-0.15, -0.1) is 0 Å². The molecule has 0 bridgehead atoms. The van der Waals surface area contributed by atoms with Crippen LogP contribution in [0.15, 0.2) is 55.0 Å². The maximum atomic E-state index is 16.6. The number of hydrogen-bond donors (Lipinski definition) is 1. The van der Waals surface area contributed by atoms with Crippen molar-refractivity contribution in [3.8, 4) is 5.75 Å². The van der Waals surface area contributed by atoms with Gasteiger partial charge in [-0.1, -0.05) is 36.4 Å². The van der Waals surface area contributed by atoms with E-state index in [2.05, 4.69) is 20.2 Å². The van der Waals surface area contributed by atoms with E-state index in [0.717, 1.165) is 12.3 Å². The van der Waals surface area contributed by atoms with Crippen molar-refractivity contribution in [2.24, 2.45) is 0 Å². The van der Waals surface area contributed by atoms with E-state index in [-0.39, 0.29) is 18.1 Å². The fourth-order valence-electron chi connectivity index (χ4n) is 5.10. The van der Waals surface area contributed by atoms with Gasteiger partial charge in [0.25, 0.3) is 0 Å². The quantitative estimate of drug-likeness (QED) is 0.185. The van der Waals surface area contributed by atoms with Gasteiger partial charge in [0.2, 0.25) is 0 Å². The third-order valence-corrected chi connectivity index (χ3v) is 8.78. The minimum atomic E-state index is -4.39. The Morgan fingerprint density at radius 3 is 2.70 bits per heavy atom. The van der Waals surface area contributed by atoms with Crippen molar-refractivity contribution < 1.29 is 41.8 Å². The standard InChI is InChI=1S/C29H33FN5O8P/c1-6-39-28(37)18(3)34-44(38,43-23-13-9-11-20-10-7-8-12-21(20)23)40-15-24-26(41-19(4)36)29(5,30)25(42-24)22-14-31-27-17(2)32-16-33-35(22)27/h7-14,16,18,24-26H,6,15H2,1-5H3,(H,34,38)/t18-,24+,25-,26+,29-,44?/m0/s1. The topological polar surface area (TPSA) is 152 Å². The molecule has 0 radical (unpaired) electrons. The van der Waals surface area contributed by atoms with E-state index in [9.17, 15) is 14.2 Å². The van der Waals surface area contributed by atoms with E-state index < -0.39 is 56.3 Å². The molecule has 1 saturated heterocycles. The first-order valence-electron chi connectivity index (χ1n) is 14.0. The van der Waals surface area contributed by atoms with Crippen LogP contribution in [0, 0.1) is 6.92 Å². The number of halogens is 1. The predicted octanol–water partition coefficient (Wildman–Crippen LogP) is 4.43. The fourth-order valence-corrected chi connectivity index (χ4v) is 6.62. The van der Waals surface area contributed by atoms with E-state index >= 15 is 4.39 Å². The molecule has 6 atom stereocenters. The highest BCUT2D eigenvalue weighted by molar-refractivity contribution is 7.52. The third-order valence-electron chi connectivity index (χ3n) is 7.15. The summed E-state index contributed by atoms with van der Waals surface area (Å²) in [7, 11) is -4.39. The van der Waals surface area contributed by atoms with Crippen molar-refractivity contribution >= 4 is 36.1 Å². The van der Waals surface area contributed by atoms with E-state index in [1.807, 2.05) is 18.2 Å². The molecule has 0 saturated carbocycles. The van der Waals surface area contributed by atoms with Gasteiger partial charge >= 0.3 is 19.7 Å². The number of carbonyl (C=O) groups excluding carboxylic acids is 2. The van der Waals surface area contributed by atoms with Crippen LogP contribution >= 0.6 is 7.75 Å². The Bertz CT molecular complexity index is 1730. The number of fused-ring (bicyclic) bond motifs is 2. The zero-order chi connectivity index (χ0) is 31.6. The number of aryl methyl sites for hydroxylation is 1. The maximum Gasteiger partial charge on any atom is 0.459 e. The van der Waals surface area contributed by atoms with Crippen LogP contribution < -0.4 is 9.61 Å². The first-order valence-corrected chi connectivity index (χ1v) is 15.5. The van der Waals surface area contributed by atoms with Crippen LogP contribution in [0.1, 0.15) is 45.2 Å². The molecule has 2 aromatic carbocycles. The molecule has 234 valence electrons. The fraction of sp³-hybridized carbons (Fsp3) is 0.414. The van der Waals surface area contributed by atoms with Crippen LogP contribution in [-0.4, -0.2) is 68.7 Å². The van der Waals surface area contributed by atoms with Crippen molar-refractivity contribution in [3.63, 3.8) is 0 Å². The lowest BCUT2D eigenvalue weighted by molar-refractivity contribution is -0.155.